The van der Waals surface area contributed by atoms with Crippen LogP contribution >= 0.6 is 0 Å². The lowest BCUT2D eigenvalue weighted by Crippen LogP contribution is -2.35. The first kappa shape index (κ1) is 21.4. The van der Waals surface area contributed by atoms with Gasteiger partial charge in [0.2, 0.25) is 5.91 Å². The highest BCUT2D eigenvalue weighted by atomic mass is 16.5. The summed E-state index contributed by atoms with van der Waals surface area (Å²) in [5.41, 5.74) is 1.05. The number of carbonyl (C=O) groups excluding carboxylic acids is 3. The standard InChI is InChI=1S/C25H25N3O4/c29-23(16-32-22-7-3-5-17-4-1-2-6-21(17)22)28-20-12-10-19(11-13-20)25(31)27-15-14-26-24(30)18-8-9-18/h1-7,10-13,18H,8-9,14-16H2,(H,26,30)(H,27,31)(H,28,29). The molecule has 7 heteroatoms. The minimum atomic E-state index is -0.290. The van der Waals surface area contributed by atoms with E-state index in [1.807, 2.05) is 42.5 Å². The Bertz CT molecular complexity index is 1120. The van der Waals surface area contributed by atoms with Gasteiger partial charge in [0.15, 0.2) is 6.61 Å². The number of fused-ring (bicyclic) bond motifs is 1. The fourth-order valence-corrected chi connectivity index (χ4v) is 3.32. The predicted octanol–water partition coefficient (Wildman–Crippen LogP) is 3.11. The molecule has 0 spiro atoms. The van der Waals surface area contributed by atoms with Gasteiger partial charge in [0.1, 0.15) is 5.75 Å². The number of rotatable bonds is 9. The Morgan fingerprint density at radius 2 is 1.56 bits per heavy atom. The van der Waals surface area contributed by atoms with E-state index >= 15 is 0 Å². The van der Waals surface area contributed by atoms with E-state index in [4.69, 9.17) is 4.74 Å². The molecule has 4 rings (SSSR count). The van der Waals surface area contributed by atoms with Crippen LogP contribution in [-0.4, -0.2) is 37.4 Å². The Balaban J connectivity index is 1.22. The molecule has 0 saturated heterocycles. The summed E-state index contributed by atoms with van der Waals surface area (Å²) in [5.74, 6) is 0.345. The van der Waals surface area contributed by atoms with Crippen LogP contribution in [0.5, 0.6) is 5.75 Å². The van der Waals surface area contributed by atoms with Crippen molar-refractivity contribution in [3.8, 4) is 5.75 Å². The van der Waals surface area contributed by atoms with Crippen molar-refractivity contribution in [2.75, 3.05) is 25.0 Å². The molecule has 3 amide bonds. The highest BCUT2D eigenvalue weighted by Gasteiger charge is 2.29. The van der Waals surface area contributed by atoms with Gasteiger partial charge in [0.25, 0.3) is 11.8 Å². The Labute approximate surface area is 186 Å². The molecule has 164 valence electrons. The van der Waals surface area contributed by atoms with E-state index in [-0.39, 0.29) is 30.2 Å². The van der Waals surface area contributed by atoms with Crippen LogP contribution in [0.4, 0.5) is 5.69 Å². The molecule has 1 aliphatic carbocycles. The molecule has 0 radical (unpaired) electrons. The van der Waals surface area contributed by atoms with Gasteiger partial charge >= 0.3 is 0 Å². The van der Waals surface area contributed by atoms with Crippen LogP contribution in [0.2, 0.25) is 0 Å². The maximum absolute atomic E-state index is 12.3. The molecular formula is C25H25N3O4. The molecule has 3 N–H and O–H groups in total. The molecule has 0 aromatic heterocycles. The van der Waals surface area contributed by atoms with Gasteiger partial charge in [0, 0.05) is 35.6 Å². The lowest BCUT2D eigenvalue weighted by molar-refractivity contribution is -0.122. The van der Waals surface area contributed by atoms with Crippen molar-refractivity contribution in [1.82, 2.24) is 10.6 Å². The third-order valence-corrected chi connectivity index (χ3v) is 5.20. The minimum absolute atomic E-state index is 0.0591. The quantitative estimate of drug-likeness (QED) is 0.454. The van der Waals surface area contributed by atoms with Gasteiger partial charge in [-0.3, -0.25) is 14.4 Å². The van der Waals surface area contributed by atoms with Gasteiger partial charge in [-0.2, -0.15) is 0 Å². The van der Waals surface area contributed by atoms with Gasteiger partial charge < -0.3 is 20.7 Å². The highest BCUT2D eigenvalue weighted by Crippen LogP contribution is 2.28. The first-order chi connectivity index (χ1) is 15.6. The third-order valence-electron chi connectivity index (χ3n) is 5.20. The monoisotopic (exact) mass is 431 g/mol. The minimum Gasteiger partial charge on any atom is -0.483 e. The average Bonchev–Trinajstić information content (AvgIpc) is 3.66. The summed E-state index contributed by atoms with van der Waals surface area (Å²) in [6, 6.07) is 20.1. The van der Waals surface area contributed by atoms with Gasteiger partial charge in [-0.25, -0.2) is 0 Å². The number of hydrogen-bond donors (Lipinski definition) is 3. The summed E-state index contributed by atoms with van der Waals surface area (Å²) in [5, 5.41) is 10.3. The van der Waals surface area contributed by atoms with Gasteiger partial charge in [-0.05, 0) is 48.6 Å². The SMILES string of the molecule is O=C(COc1cccc2ccccc12)Nc1ccc(C(=O)NCCNC(=O)C2CC2)cc1. The van der Waals surface area contributed by atoms with Crippen LogP contribution in [0.25, 0.3) is 10.8 Å². The Morgan fingerprint density at radius 3 is 2.34 bits per heavy atom. The summed E-state index contributed by atoms with van der Waals surface area (Å²) in [7, 11) is 0. The average molecular weight is 431 g/mol. The molecule has 7 nitrogen and oxygen atoms in total. The van der Waals surface area contributed by atoms with Crippen LogP contribution in [0, 0.1) is 5.92 Å². The van der Waals surface area contributed by atoms with Crippen molar-refractivity contribution >= 4 is 34.2 Å². The smallest absolute Gasteiger partial charge is 0.262 e. The summed E-state index contributed by atoms with van der Waals surface area (Å²) < 4.78 is 5.70. The topological polar surface area (TPSA) is 96.5 Å². The van der Waals surface area contributed by atoms with E-state index in [1.165, 1.54) is 0 Å². The van der Waals surface area contributed by atoms with E-state index in [0.717, 1.165) is 23.6 Å². The molecule has 1 aliphatic rings. The zero-order valence-electron chi connectivity index (χ0n) is 17.6. The van der Waals surface area contributed by atoms with Gasteiger partial charge in [-0.15, -0.1) is 0 Å². The van der Waals surface area contributed by atoms with Crippen molar-refractivity contribution in [2.45, 2.75) is 12.8 Å². The summed E-state index contributed by atoms with van der Waals surface area (Å²) in [6.45, 7) is 0.649. The first-order valence-corrected chi connectivity index (χ1v) is 10.7. The van der Waals surface area contributed by atoms with Crippen LogP contribution in [0.15, 0.2) is 66.7 Å². The lowest BCUT2D eigenvalue weighted by atomic mass is 10.1. The number of ether oxygens (including phenoxy) is 1. The van der Waals surface area contributed by atoms with Crippen LogP contribution < -0.4 is 20.7 Å². The van der Waals surface area contributed by atoms with Crippen molar-refractivity contribution < 1.29 is 19.1 Å². The van der Waals surface area contributed by atoms with E-state index in [2.05, 4.69) is 16.0 Å². The van der Waals surface area contributed by atoms with Crippen LogP contribution in [0.3, 0.4) is 0 Å². The molecule has 0 heterocycles. The third kappa shape index (κ3) is 5.63. The number of hydrogen-bond acceptors (Lipinski definition) is 4. The first-order valence-electron chi connectivity index (χ1n) is 10.7. The summed E-state index contributed by atoms with van der Waals surface area (Å²) in [6.07, 6.45) is 1.91. The summed E-state index contributed by atoms with van der Waals surface area (Å²) in [4.78, 5) is 36.0. The van der Waals surface area contributed by atoms with Crippen molar-refractivity contribution in [3.63, 3.8) is 0 Å². The molecule has 3 aromatic carbocycles. The Hall–Kier alpha value is -3.87. The van der Waals surface area contributed by atoms with Crippen molar-refractivity contribution in [2.24, 2.45) is 5.92 Å². The highest BCUT2D eigenvalue weighted by molar-refractivity contribution is 5.96. The molecule has 1 saturated carbocycles. The number of amides is 3. The lowest BCUT2D eigenvalue weighted by Gasteiger charge is -2.10. The van der Waals surface area contributed by atoms with Crippen LogP contribution in [0.1, 0.15) is 23.2 Å². The normalized spacial score (nSPS) is 12.8. The van der Waals surface area contributed by atoms with Crippen molar-refractivity contribution in [3.05, 3.63) is 72.3 Å². The number of benzene rings is 3. The van der Waals surface area contributed by atoms with E-state index in [1.54, 1.807) is 24.3 Å². The molecule has 0 atom stereocenters. The molecule has 0 aliphatic heterocycles. The molecule has 0 bridgehead atoms. The maximum atomic E-state index is 12.3. The second kappa shape index (κ2) is 9.96. The second-order valence-electron chi connectivity index (χ2n) is 7.71. The molecule has 3 aromatic rings. The number of anilines is 1. The summed E-state index contributed by atoms with van der Waals surface area (Å²) >= 11 is 0. The molecular weight excluding hydrogens is 406 g/mol. The van der Waals surface area contributed by atoms with Gasteiger partial charge in [0.05, 0.1) is 0 Å². The van der Waals surface area contributed by atoms with Crippen LogP contribution in [-0.2, 0) is 9.59 Å². The molecule has 32 heavy (non-hydrogen) atoms. The van der Waals surface area contributed by atoms with E-state index < -0.39 is 0 Å². The Kier molecular flexibility index (Phi) is 6.65. The largest absolute Gasteiger partial charge is 0.483 e. The fourth-order valence-electron chi connectivity index (χ4n) is 3.32. The fraction of sp³-hybridized carbons (Fsp3) is 0.240. The maximum Gasteiger partial charge on any atom is 0.262 e. The molecule has 0 unspecified atom stereocenters. The van der Waals surface area contributed by atoms with E-state index in [0.29, 0.717) is 30.1 Å². The Morgan fingerprint density at radius 1 is 0.844 bits per heavy atom. The number of nitrogens with one attached hydrogen (secondary N) is 3. The van der Waals surface area contributed by atoms with Crippen molar-refractivity contribution in [1.29, 1.82) is 0 Å². The second-order valence-corrected chi connectivity index (χ2v) is 7.71. The number of carbonyl (C=O) groups is 3. The van der Waals surface area contributed by atoms with E-state index in [9.17, 15) is 14.4 Å². The predicted molar refractivity (Wildman–Crippen MR) is 123 cm³/mol. The van der Waals surface area contributed by atoms with Gasteiger partial charge in [-0.1, -0.05) is 36.4 Å². The molecule has 1 fully saturated rings. The zero-order valence-corrected chi connectivity index (χ0v) is 17.6. The zero-order chi connectivity index (χ0) is 22.3.